The summed E-state index contributed by atoms with van der Waals surface area (Å²) in [5, 5.41) is 2.83. The van der Waals surface area contributed by atoms with E-state index in [2.05, 4.69) is 20.3 Å². The molecule has 2 rings (SSSR count). The van der Waals surface area contributed by atoms with Crippen molar-refractivity contribution >= 4 is 5.95 Å². The monoisotopic (exact) mass is 298 g/mol. The largest absolute Gasteiger partial charge is 0.464 e. The van der Waals surface area contributed by atoms with Gasteiger partial charge in [0.2, 0.25) is 5.95 Å². The third-order valence-electron chi connectivity index (χ3n) is 2.50. The second-order valence-corrected chi connectivity index (χ2v) is 3.95. The summed E-state index contributed by atoms with van der Waals surface area (Å²) >= 11 is 0. The minimum absolute atomic E-state index is 0.0254. The smallest absolute Gasteiger partial charge is 0.321 e. The van der Waals surface area contributed by atoms with Crippen molar-refractivity contribution in [2.45, 2.75) is 13.8 Å². The molecular weight excluding hydrogens is 285 g/mol. The Balaban J connectivity index is 2.54. The fraction of sp³-hybridized carbons (Fsp3) is 0.308. The average molecular weight is 298 g/mol. The fourth-order valence-corrected chi connectivity index (χ4v) is 1.61. The van der Waals surface area contributed by atoms with Gasteiger partial charge in [-0.25, -0.2) is 13.2 Å². The van der Waals surface area contributed by atoms with Crippen molar-refractivity contribution in [1.29, 1.82) is 0 Å². The quantitative estimate of drug-likeness (QED) is 0.860. The Morgan fingerprint density at radius 3 is 2.48 bits per heavy atom. The summed E-state index contributed by atoms with van der Waals surface area (Å²) in [7, 11) is 0. The first-order chi connectivity index (χ1) is 10.1. The van der Waals surface area contributed by atoms with Crippen LogP contribution in [-0.4, -0.2) is 28.1 Å². The maximum Gasteiger partial charge on any atom is 0.321 e. The molecule has 0 saturated heterocycles. The van der Waals surface area contributed by atoms with Crippen LogP contribution in [0, 0.1) is 17.5 Å². The number of halogens is 3. The van der Waals surface area contributed by atoms with E-state index >= 15 is 0 Å². The Kier molecular flexibility index (Phi) is 4.56. The van der Waals surface area contributed by atoms with Crippen LogP contribution in [0.4, 0.5) is 19.1 Å². The first kappa shape index (κ1) is 15.0. The lowest BCUT2D eigenvalue weighted by Crippen LogP contribution is -2.08. The first-order valence-corrected chi connectivity index (χ1v) is 6.33. The number of benzene rings is 1. The molecule has 0 amide bonds. The highest BCUT2D eigenvalue weighted by atomic mass is 19.2. The second-order valence-electron chi connectivity index (χ2n) is 3.95. The van der Waals surface area contributed by atoms with E-state index in [1.807, 2.05) is 6.92 Å². The zero-order chi connectivity index (χ0) is 15.4. The predicted molar refractivity (Wildman–Crippen MR) is 70.5 cm³/mol. The molecule has 0 aliphatic carbocycles. The van der Waals surface area contributed by atoms with Gasteiger partial charge < -0.3 is 10.1 Å². The maximum absolute atomic E-state index is 13.8. The summed E-state index contributed by atoms with van der Waals surface area (Å²) in [4.78, 5) is 11.8. The van der Waals surface area contributed by atoms with E-state index in [9.17, 15) is 13.2 Å². The maximum atomic E-state index is 13.8. The van der Waals surface area contributed by atoms with E-state index < -0.39 is 17.5 Å². The summed E-state index contributed by atoms with van der Waals surface area (Å²) in [5.41, 5.74) is -0.267. The normalized spacial score (nSPS) is 10.5. The molecule has 0 saturated carbocycles. The zero-order valence-corrected chi connectivity index (χ0v) is 11.5. The van der Waals surface area contributed by atoms with Crippen molar-refractivity contribution in [2.75, 3.05) is 18.5 Å². The highest BCUT2D eigenvalue weighted by Crippen LogP contribution is 2.25. The molecule has 0 bridgehead atoms. The topological polar surface area (TPSA) is 59.9 Å². The predicted octanol–water partition coefficient (Wildman–Crippen LogP) is 2.79. The zero-order valence-electron chi connectivity index (χ0n) is 11.5. The van der Waals surface area contributed by atoms with Gasteiger partial charge >= 0.3 is 6.01 Å². The van der Waals surface area contributed by atoms with Crippen LogP contribution in [0.3, 0.4) is 0 Å². The lowest BCUT2D eigenvalue weighted by Gasteiger charge is -2.09. The highest BCUT2D eigenvalue weighted by molar-refractivity contribution is 5.57. The van der Waals surface area contributed by atoms with Gasteiger partial charge in [-0.3, -0.25) is 0 Å². The van der Waals surface area contributed by atoms with Crippen LogP contribution in [0.15, 0.2) is 12.1 Å². The van der Waals surface area contributed by atoms with E-state index in [4.69, 9.17) is 4.74 Å². The van der Waals surface area contributed by atoms with Crippen LogP contribution >= 0.6 is 0 Å². The molecule has 0 aliphatic heterocycles. The molecule has 0 spiro atoms. The standard InChI is InChI=1S/C13H13F3N4O/c1-3-17-12-18-11(19-13(20-12)21-4-2)7-5-6-8(14)10(16)9(7)15/h5-6H,3-4H2,1-2H3,(H,17,18,19,20). The number of hydrogen-bond donors (Lipinski definition) is 1. The SMILES string of the molecule is CCNc1nc(OCC)nc(-c2ccc(F)c(F)c2F)n1. The minimum atomic E-state index is -1.57. The van der Waals surface area contributed by atoms with Crippen molar-refractivity contribution in [1.82, 2.24) is 15.0 Å². The van der Waals surface area contributed by atoms with Gasteiger partial charge in [-0.15, -0.1) is 0 Å². The third kappa shape index (κ3) is 3.21. The van der Waals surface area contributed by atoms with Crippen molar-refractivity contribution in [3.05, 3.63) is 29.6 Å². The fourth-order valence-electron chi connectivity index (χ4n) is 1.61. The Hall–Kier alpha value is -2.38. The van der Waals surface area contributed by atoms with Crippen LogP contribution in [0.1, 0.15) is 13.8 Å². The first-order valence-electron chi connectivity index (χ1n) is 6.33. The summed E-state index contributed by atoms with van der Waals surface area (Å²) in [6.07, 6.45) is 0. The van der Waals surface area contributed by atoms with E-state index in [1.165, 1.54) is 0 Å². The van der Waals surface area contributed by atoms with Crippen LogP contribution in [0.25, 0.3) is 11.4 Å². The Morgan fingerprint density at radius 1 is 1.05 bits per heavy atom. The number of nitrogens with zero attached hydrogens (tertiary/aromatic N) is 3. The van der Waals surface area contributed by atoms with Crippen molar-refractivity contribution in [3.63, 3.8) is 0 Å². The molecule has 0 unspecified atom stereocenters. The molecule has 1 heterocycles. The number of hydrogen-bond acceptors (Lipinski definition) is 5. The van der Waals surface area contributed by atoms with Gasteiger partial charge in [0.05, 0.1) is 12.2 Å². The molecule has 0 aliphatic rings. The summed E-state index contributed by atoms with van der Waals surface area (Å²) < 4.78 is 45.2. The lowest BCUT2D eigenvalue weighted by molar-refractivity contribution is 0.312. The Labute approximate surface area is 119 Å². The van der Waals surface area contributed by atoms with Gasteiger partial charge in [-0.2, -0.15) is 15.0 Å². The number of ether oxygens (including phenoxy) is 1. The molecule has 1 aromatic carbocycles. The summed E-state index contributed by atoms with van der Waals surface area (Å²) in [6.45, 7) is 4.38. The molecule has 21 heavy (non-hydrogen) atoms. The van der Waals surface area contributed by atoms with E-state index in [1.54, 1.807) is 6.92 Å². The van der Waals surface area contributed by atoms with Gasteiger partial charge in [-0.1, -0.05) is 0 Å². The molecule has 1 aromatic heterocycles. The Morgan fingerprint density at radius 2 is 1.81 bits per heavy atom. The van der Waals surface area contributed by atoms with E-state index in [-0.39, 0.29) is 23.3 Å². The number of aromatic nitrogens is 3. The van der Waals surface area contributed by atoms with Crippen molar-refractivity contribution < 1.29 is 17.9 Å². The molecule has 1 N–H and O–H groups in total. The van der Waals surface area contributed by atoms with Crippen LogP contribution in [0.5, 0.6) is 6.01 Å². The van der Waals surface area contributed by atoms with Gasteiger partial charge in [0.15, 0.2) is 23.3 Å². The van der Waals surface area contributed by atoms with Gasteiger partial charge in [0, 0.05) is 6.54 Å². The molecule has 2 aromatic rings. The van der Waals surface area contributed by atoms with Gasteiger partial charge in [-0.05, 0) is 26.0 Å². The average Bonchev–Trinajstić information content (AvgIpc) is 2.45. The minimum Gasteiger partial charge on any atom is -0.464 e. The number of rotatable bonds is 5. The van der Waals surface area contributed by atoms with Gasteiger partial charge in [0.1, 0.15) is 0 Å². The van der Waals surface area contributed by atoms with E-state index in [0.717, 1.165) is 12.1 Å². The van der Waals surface area contributed by atoms with Crippen molar-refractivity contribution in [3.8, 4) is 17.4 Å². The number of anilines is 1. The van der Waals surface area contributed by atoms with Crippen LogP contribution in [0.2, 0.25) is 0 Å². The van der Waals surface area contributed by atoms with Gasteiger partial charge in [0.25, 0.3) is 0 Å². The summed E-state index contributed by atoms with van der Waals surface area (Å²) in [5.74, 6) is -4.18. The molecule has 0 fully saturated rings. The Bertz CT molecular complexity index is 627. The van der Waals surface area contributed by atoms with Crippen molar-refractivity contribution in [2.24, 2.45) is 0 Å². The lowest BCUT2D eigenvalue weighted by atomic mass is 10.2. The number of nitrogens with one attached hydrogen (secondary N) is 1. The van der Waals surface area contributed by atoms with E-state index in [0.29, 0.717) is 13.2 Å². The summed E-state index contributed by atoms with van der Waals surface area (Å²) in [6, 6.07) is 1.85. The molecule has 5 nitrogen and oxygen atoms in total. The third-order valence-corrected chi connectivity index (χ3v) is 2.50. The molecule has 8 heteroatoms. The highest BCUT2D eigenvalue weighted by Gasteiger charge is 2.18. The molecular formula is C13H13F3N4O. The van der Waals surface area contributed by atoms with Crippen LogP contribution < -0.4 is 10.1 Å². The molecule has 112 valence electrons. The van der Waals surface area contributed by atoms with Crippen LogP contribution in [-0.2, 0) is 0 Å². The molecule has 0 radical (unpaired) electrons. The second kappa shape index (κ2) is 6.38. The molecule has 0 atom stereocenters.